The number of hydrogen-bond acceptors (Lipinski definition) is 2. The Bertz CT molecular complexity index is 754. The lowest BCUT2D eigenvalue weighted by molar-refractivity contribution is -0.139. The fourth-order valence-electron chi connectivity index (χ4n) is 4.36. The van der Waals surface area contributed by atoms with Gasteiger partial charge in [0.25, 0.3) is 0 Å². The predicted molar refractivity (Wildman–Crippen MR) is 93.4 cm³/mol. The minimum Gasteiger partial charge on any atom is -0.358 e. The third kappa shape index (κ3) is 2.49. The van der Waals surface area contributed by atoms with E-state index in [1.165, 1.54) is 16.6 Å². The number of fused-ring (bicyclic) bond motifs is 1. The van der Waals surface area contributed by atoms with Gasteiger partial charge in [-0.3, -0.25) is 4.79 Å². The molecule has 1 N–H and O–H groups in total. The van der Waals surface area contributed by atoms with Gasteiger partial charge in [-0.05, 0) is 43.2 Å². The zero-order chi connectivity index (χ0) is 16.6. The summed E-state index contributed by atoms with van der Waals surface area (Å²) in [4.78, 5) is 18.3. The van der Waals surface area contributed by atoms with E-state index in [-0.39, 0.29) is 5.91 Å². The molecular weight excluding hydrogens is 298 g/mol. The second-order valence-electron chi connectivity index (χ2n) is 7.28. The Morgan fingerprint density at radius 2 is 1.92 bits per heavy atom. The van der Waals surface area contributed by atoms with Crippen LogP contribution in [0.1, 0.15) is 50.1 Å². The van der Waals surface area contributed by atoms with E-state index in [9.17, 15) is 10.1 Å². The maximum atomic E-state index is 12.8. The SMILES string of the molecule is N#CC1(C(=O)N2CCC(c3cc4ccccc4[nH]3)CC2)CCCC1. The van der Waals surface area contributed by atoms with Crippen LogP contribution in [0.15, 0.2) is 30.3 Å². The maximum Gasteiger partial charge on any atom is 0.243 e. The lowest BCUT2D eigenvalue weighted by atomic mass is 9.84. The monoisotopic (exact) mass is 321 g/mol. The average Bonchev–Trinajstić information content (AvgIpc) is 3.28. The van der Waals surface area contributed by atoms with Crippen LogP contribution in [0.3, 0.4) is 0 Å². The van der Waals surface area contributed by atoms with Crippen molar-refractivity contribution >= 4 is 16.8 Å². The molecule has 2 fully saturated rings. The van der Waals surface area contributed by atoms with Gasteiger partial charge in [-0.2, -0.15) is 5.26 Å². The number of nitrogens with zero attached hydrogens (tertiary/aromatic N) is 2. The molecule has 0 atom stereocenters. The van der Waals surface area contributed by atoms with Crippen molar-refractivity contribution in [1.29, 1.82) is 5.26 Å². The van der Waals surface area contributed by atoms with Gasteiger partial charge >= 0.3 is 0 Å². The van der Waals surface area contributed by atoms with E-state index < -0.39 is 5.41 Å². The third-order valence-corrected chi connectivity index (χ3v) is 5.85. The van der Waals surface area contributed by atoms with Crippen LogP contribution in [0.2, 0.25) is 0 Å². The van der Waals surface area contributed by atoms with Gasteiger partial charge < -0.3 is 9.88 Å². The second-order valence-corrected chi connectivity index (χ2v) is 7.28. The topological polar surface area (TPSA) is 59.9 Å². The molecule has 2 aromatic rings. The number of H-pyrrole nitrogens is 1. The summed E-state index contributed by atoms with van der Waals surface area (Å²) in [5.74, 6) is 0.556. The van der Waals surface area contributed by atoms with Crippen molar-refractivity contribution in [2.45, 2.75) is 44.4 Å². The Morgan fingerprint density at radius 3 is 2.58 bits per heavy atom. The molecule has 1 amide bonds. The lowest BCUT2D eigenvalue weighted by Crippen LogP contribution is -2.45. The van der Waals surface area contributed by atoms with Gasteiger partial charge in [0, 0.05) is 30.2 Å². The molecule has 24 heavy (non-hydrogen) atoms. The minimum atomic E-state index is -0.728. The molecule has 0 spiro atoms. The summed E-state index contributed by atoms with van der Waals surface area (Å²) >= 11 is 0. The highest BCUT2D eigenvalue weighted by Crippen LogP contribution is 2.40. The first-order valence-corrected chi connectivity index (χ1v) is 9.00. The first-order chi connectivity index (χ1) is 11.7. The zero-order valence-corrected chi connectivity index (χ0v) is 13.9. The molecule has 1 aliphatic carbocycles. The summed E-state index contributed by atoms with van der Waals surface area (Å²) in [7, 11) is 0. The van der Waals surface area contributed by atoms with Gasteiger partial charge in [0.1, 0.15) is 5.41 Å². The van der Waals surface area contributed by atoms with E-state index in [0.29, 0.717) is 5.92 Å². The van der Waals surface area contributed by atoms with Crippen molar-refractivity contribution < 1.29 is 4.79 Å². The molecule has 0 radical (unpaired) electrons. The summed E-state index contributed by atoms with van der Waals surface area (Å²) in [6.07, 6.45) is 5.43. The molecular formula is C20H23N3O. The molecule has 2 aliphatic rings. The van der Waals surface area contributed by atoms with Gasteiger partial charge in [0.05, 0.1) is 6.07 Å². The van der Waals surface area contributed by atoms with Gasteiger partial charge in [0.2, 0.25) is 5.91 Å². The number of nitriles is 1. The van der Waals surface area contributed by atoms with Crippen LogP contribution in [-0.4, -0.2) is 28.9 Å². The predicted octanol–water partition coefficient (Wildman–Crippen LogP) is 3.96. The second kappa shape index (κ2) is 5.98. The van der Waals surface area contributed by atoms with Gasteiger partial charge in [-0.1, -0.05) is 31.0 Å². The van der Waals surface area contributed by atoms with Gasteiger partial charge in [-0.25, -0.2) is 0 Å². The molecule has 1 aromatic heterocycles. The fourth-order valence-corrected chi connectivity index (χ4v) is 4.36. The van der Waals surface area contributed by atoms with Crippen molar-refractivity contribution in [2.75, 3.05) is 13.1 Å². The van der Waals surface area contributed by atoms with Crippen molar-refractivity contribution in [2.24, 2.45) is 5.41 Å². The number of nitrogens with one attached hydrogen (secondary N) is 1. The van der Waals surface area contributed by atoms with Crippen LogP contribution in [0.25, 0.3) is 10.9 Å². The van der Waals surface area contributed by atoms with Crippen molar-refractivity contribution in [3.63, 3.8) is 0 Å². The van der Waals surface area contributed by atoms with E-state index in [1.807, 2.05) is 11.0 Å². The minimum absolute atomic E-state index is 0.0811. The number of para-hydroxylation sites is 1. The van der Waals surface area contributed by atoms with Crippen molar-refractivity contribution in [3.8, 4) is 6.07 Å². The average molecular weight is 321 g/mol. The number of piperidine rings is 1. The number of carbonyl (C=O) groups is 1. The van der Waals surface area contributed by atoms with Crippen LogP contribution in [0.5, 0.6) is 0 Å². The number of aromatic amines is 1. The Hall–Kier alpha value is -2.28. The van der Waals surface area contributed by atoms with E-state index in [1.54, 1.807) is 0 Å². The van der Waals surface area contributed by atoms with Gasteiger partial charge in [-0.15, -0.1) is 0 Å². The Kier molecular flexibility index (Phi) is 3.80. The molecule has 1 saturated carbocycles. The van der Waals surface area contributed by atoms with Gasteiger partial charge in [0.15, 0.2) is 0 Å². The highest BCUT2D eigenvalue weighted by atomic mass is 16.2. The van der Waals surface area contributed by atoms with Crippen LogP contribution < -0.4 is 0 Å². The first kappa shape index (κ1) is 15.3. The number of likely N-dealkylation sites (tertiary alicyclic amines) is 1. The summed E-state index contributed by atoms with van der Waals surface area (Å²) < 4.78 is 0. The smallest absolute Gasteiger partial charge is 0.243 e. The molecule has 1 saturated heterocycles. The van der Waals surface area contributed by atoms with Crippen LogP contribution >= 0.6 is 0 Å². The molecule has 4 rings (SSSR count). The summed E-state index contributed by atoms with van der Waals surface area (Å²) in [6, 6.07) is 12.9. The summed E-state index contributed by atoms with van der Waals surface area (Å²) in [6.45, 7) is 1.53. The lowest BCUT2D eigenvalue weighted by Gasteiger charge is -2.35. The molecule has 0 unspecified atom stereocenters. The normalized spacial score (nSPS) is 21.0. The maximum absolute atomic E-state index is 12.8. The van der Waals surface area contributed by atoms with E-state index in [4.69, 9.17) is 0 Å². The molecule has 4 heteroatoms. The fraction of sp³-hybridized carbons (Fsp3) is 0.500. The van der Waals surface area contributed by atoms with Crippen LogP contribution in [-0.2, 0) is 4.79 Å². The quantitative estimate of drug-likeness (QED) is 0.910. The largest absolute Gasteiger partial charge is 0.358 e. The van der Waals surface area contributed by atoms with Crippen LogP contribution in [0, 0.1) is 16.7 Å². The van der Waals surface area contributed by atoms with E-state index in [2.05, 4.69) is 35.3 Å². The number of amides is 1. The molecule has 124 valence electrons. The molecule has 4 nitrogen and oxygen atoms in total. The van der Waals surface area contributed by atoms with E-state index in [0.717, 1.165) is 51.6 Å². The highest BCUT2D eigenvalue weighted by molar-refractivity contribution is 5.86. The number of benzene rings is 1. The number of hydrogen-bond donors (Lipinski definition) is 1. The Morgan fingerprint density at radius 1 is 1.21 bits per heavy atom. The third-order valence-electron chi connectivity index (χ3n) is 5.85. The summed E-state index contributed by atoms with van der Waals surface area (Å²) in [5, 5.41) is 10.8. The molecule has 1 aromatic carbocycles. The molecule has 1 aliphatic heterocycles. The van der Waals surface area contributed by atoms with Crippen LogP contribution in [0.4, 0.5) is 0 Å². The Labute approximate surface area is 142 Å². The molecule has 0 bridgehead atoms. The number of rotatable bonds is 2. The summed E-state index contributed by atoms with van der Waals surface area (Å²) in [5.41, 5.74) is 1.73. The highest BCUT2D eigenvalue weighted by Gasteiger charge is 2.44. The standard InChI is InChI=1S/C20H23N3O/c21-14-20(9-3-4-10-20)19(24)23-11-7-15(8-12-23)18-13-16-5-1-2-6-17(16)22-18/h1-2,5-6,13,15,22H,3-4,7-12H2. The van der Waals surface area contributed by atoms with E-state index >= 15 is 0 Å². The molecule has 2 heterocycles. The number of carbonyl (C=O) groups excluding carboxylic acids is 1. The Balaban J connectivity index is 1.45. The first-order valence-electron chi connectivity index (χ1n) is 9.00. The van der Waals surface area contributed by atoms with Crippen molar-refractivity contribution in [3.05, 3.63) is 36.0 Å². The number of aromatic nitrogens is 1. The zero-order valence-electron chi connectivity index (χ0n) is 13.9. The van der Waals surface area contributed by atoms with Crippen molar-refractivity contribution in [1.82, 2.24) is 9.88 Å².